The Morgan fingerprint density at radius 3 is 2.47 bits per heavy atom. The van der Waals surface area contributed by atoms with E-state index in [1.165, 1.54) is 5.69 Å². The fourth-order valence-corrected chi connectivity index (χ4v) is 2.63. The average Bonchev–Trinajstić information content (AvgIpc) is 2.46. The fourth-order valence-electron chi connectivity index (χ4n) is 2.63. The lowest BCUT2D eigenvalue weighted by Gasteiger charge is -2.34. The van der Waals surface area contributed by atoms with Crippen LogP contribution in [0, 0.1) is 5.92 Å². The van der Waals surface area contributed by atoms with E-state index in [0.29, 0.717) is 5.92 Å². The SMILES string of the molecule is CNC(C)c1ccc(N2CCC(C(C)O)CC2)cn1. The van der Waals surface area contributed by atoms with E-state index in [4.69, 9.17) is 0 Å². The Morgan fingerprint density at radius 2 is 2.00 bits per heavy atom. The maximum Gasteiger partial charge on any atom is 0.0571 e. The van der Waals surface area contributed by atoms with Crippen LogP contribution in [0.1, 0.15) is 38.4 Å². The number of aromatic nitrogens is 1. The number of anilines is 1. The highest BCUT2D eigenvalue weighted by atomic mass is 16.3. The predicted octanol–water partition coefficient (Wildman–Crippen LogP) is 1.96. The first-order valence-electron chi connectivity index (χ1n) is 7.18. The van der Waals surface area contributed by atoms with Gasteiger partial charge in [-0.25, -0.2) is 0 Å². The van der Waals surface area contributed by atoms with Crippen LogP contribution in [0.2, 0.25) is 0 Å². The predicted molar refractivity (Wildman–Crippen MR) is 78.3 cm³/mol. The Morgan fingerprint density at radius 1 is 1.32 bits per heavy atom. The first-order valence-corrected chi connectivity index (χ1v) is 7.18. The van der Waals surface area contributed by atoms with Gasteiger partial charge in [-0.15, -0.1) is 0 Å². The maximum atomic E-state index is 9.62. The van der Waals surface area contributed by atoms with Gasteiger partial charge in [0.05, 0.1) is 23.7 Å². The topological polar surface area (TPSA) is 48.4 Å². The monoisotopic (exact) mass is 263 g/mol. The van der Waals surface area contributed by atoms with Gasteiger partial charge in [0.2, 0.25) is 0 Å². The van der Waals surface area contributed by atoms with Gasteiger partial charge in [0.15, 0.2) is 0 Å². The van der Waals surface area contributed by atoms with Crippen molar-refractivity contribution in [2.24, 2.45) is 5.92 Å². The van der Waals surface area contributed by atoms with Crippen molar-refractivity contribution in [1.29, 1.82) is 0 Å². The molecule has 106 valence electrons. The maximum absolute atomic E-state index is 9.62. The van der Waals surface area contributed by atoms with Gasteiger partial charge in [-0.3, -0.25) is 4.98 Å². The molecule has 2 rings (SSSR count). The van der Waals surface area contributed by atoms with Crippen LogP contribution in [0.15, 0.2) is 18.3 Å². The van der Waals surface area contributed by atoms with Crippen LogP contribution in [-0.2, 0) is 0 Å². The molecule has 0 aromatic carbocycles. The largest absolute Gasteiger partial charge is 0.393 e. The van der Waals surface area contributed by atoms with Crippen LogP contribution in [0.4, 0.5) is 5.69 Å². The molecule has 1 aliphatic rings. The van der Waals surface area contributed by atoms with Crippen molar-refractivity contribution in [2.75, 3.05) is 25.0 Å². The van der Waals surface area contributed by atoms with Gasteiger partial charge in [0, 0.05) is 19.1 Å². The van der Waals surface area contributed by atoms with Crippen molar-refractivity contribution in [1.82, 2.24) is 10.3 Å². The molecule has 2 heterocycles. The fraction of sp³-hybridized carbons (Fsp3) is 0.667. The Balaban J connectivity index is 1.96. The molecule has 1 aliphatic heterocycles. The summed E-state index contributed by atoms with van der Waals surface area (Å²) < 4.78 is 0. The van der Waals surface area contributed by atoms with Crippen molar-refractivity contribution in [2.45, 2.75) is 38.8 Å². The zero-order valence-electron chi connectivity index (χ0n) is 12.1. The van der Waals surface area contributed by atoms with Crippen LogP contribution in [0.5, 0.6) is 0 Å². The van der Waals surface area contributed by atoms with E-state index in [2.05, 4.69) is 34.3 Å². The summed E-state index contributed by atoms with van der Waals surface area (Å²) in [5.74, 6) is 0.452. The smallest absolute Gasteiger partial charge is 0.0571 e. The third-order valence-electron chi connectivity index (χ3n) is 4.23. The summed E-state index contributed by atoms with van der Waals surface area (Å²) in [4.78, 5) is 6.89. The van der Waals surface area contributed by atoms with Gasteiger partial charge in [-0.2, -0.15) is 0 Å². The molecule has 1 aromatic rings. The minimum atomic E-state index is -0.181. The number of nitrogens with one attached hydrogen (secondary N) is 1. The zero-order valence-corrected chi connectivity index (χ0v) is 12.1. The standard InChI is InChI=1S/C15H25N3O/c1-11(16-3)15-5-4-14(10-17-15)18-8-6-13(7-9-18)12(2)19/h4-5,10-13,16,19H,6-9H2,1-3H3. The first-order chi connectivity index (χ1) is 9.11. The quantitative estimate of drug-likeness (QED) is 0.872. The van der Waals surface area contributed by atoms with E-state index in [0.717, 1.165) is 31.6 Å². The number of pyridine rings is 1. The number of nitrogens with zero attached hydrogens (tertiary/aromatic N) is 2. The van der Waals surface area contributed by atoms with Gasteiger partial charge in [-0.1, -0.05) is 0 Å². The van der Waals surface area contributed by atoms with Gasteiger partial charge in [0.1, 0.15) is 0 Å². The summed E-state index contributed by atoms with van der Waals surface area (Å²) in [5, 5.41) is 12.8. The molecule has 1 saturated heterocycles. The summed E-state index contributed by atoms with van der Waals surface area (Å²) in [6, 6.07) is 4.53. The van der Waals surface area contributed by atoms with Crippen molar-refractivity contribution >= 4 is 5.69 Å². The third-order valence-corrected chi connectivity index (χ3v) is 4.23. The summed E-state index contributed by atoms with van der Waals surface area (Å²) in [7, 11) is 1.95. The van der Waals surface area contributed by atoms with Gasteiger partial charge in [0.25, 0.3) is 0 Å². The summed E-state index contributed by atoms with van der Waals surface area (Å²) in [5.41, 5.74) is 2.27. The molecule has 0 amide bonds. The minimum absolute atomic E-state index is 0.181. The molecule has 4 heteroatoms. The Bertz CT molecular complexity index is 383. The normalized spacial score (nSPS) is 20.3. The Kier molecular flexibility index (Phi) is 4.77. The number of aliphatic hydroxyl groups is 1. The summed E-state index contributed by atoms with van der Waals surface area (Å²) >= 11 is 0. The van der Waals surface area contributed by atoms with Crippen LogP contribution in [-0.4, -0.2) is 36.3 Å². The number of rotatable bonds is 4. The lowest BCUT2D eigenvalue weighted by molar-refractivity contribution is 0.110. The van der Waals surface area contributed by atoms with Crippen LogP contribution < -0.4 is 10.2 Å². The highest BCUT2D eigenvalue weighted by Gasteiger charge is 2.22. The highest BCUT2D eigenvalue weighted by Crippen LogP contribution is 2.25. The van der Waals surface area contributed by atoms with E-state index in [9.17, 15) is 5.11 Å². The Hall–Kier alpha value is -1.13. The third kappa shape index (κ3) is 3.45. The molecule has 0 aliphatic carbocycles. The van der Waals surface area contributed by atoms with Crippen molar-refractivity contribution in [3.05, 3.63) is 24.0 Å². The number of hydrogen-bond donors (Lipinski definition) is 2. The van der Waals surface area contributed by atoms with Crippen LogP contribution in [0.25, 0.3) is 0 Å². The van der Waals surface area contributed by atoms with E-state index in [-0.39, 0.29) is 12.1 Å². The highest BCUT2D eigenvalue weighted by molar-refractivity contribution is 5.45. The molecular weight excluding hydrogens is 238 g/mol. The van der Waals surface area contributed by atoms with Crippen molar-refractivity contribution < 1.29 is 5.11 Å². The van der Waals surface area contributed by atoms with E-state index < -0.39 is 0 Å². The van der Waals surface area contributed by atoms with Crippen LogP contribution in [0.3, 0.4) is 0 Å². The second-order valence-corrected chi connectivity index (χ2v) is 5.52. The van der Waals surface area contributed by atoms with E-state index >= 15 is 0 Å². The molecule has 0 spiro atoms. The van der Waals surface area contributed by atoms with Crippen molar-refractivity contribution in [3.8, 4) is 0 Å². The average molecular weight is 263 g/mol. The minimum Gasteiger partial charge on any atom is -0.393 e. The van der Waals surface area contributed by atoms with E-state index in [1.807, 2.05) is 20.2 Å². The number of piperidine rings is 1. The molecule has 2 unspecified atom stereocenters. The molecule has 19 heavy (non-hydrogen) atoms. The molecule has 4 nitrogen and oxygen atoms in total. The van der Waals surface area contributed by atoms with E-state index in [1.54, 1.807) is 0 Å². The number of aliphatic hydroxyl groups excluding tert-OH is 1. The van der Waals surface area contributed by atoms with Gasteiger partial charge in [-0.05, 0) is 51.8 Å². The molecule has 1 fully saturated rings. The molecule has 0 bridgehead atoms. The number of hydrogen-bond acceptors (Lipinski definition) is 4. The second-order valence-electron chi connectivity index (χ2n) is 5.52. The van der Waals surface area contributed by atoms with Gasteiger partial charge < -0.3 is 15.3 Å². The first kappa shape index (κ1) is 14.3. The molecule has 2 atom stereocenters. The van der Waals surface area contributed by atoms with Crippen molar-refractivity contribution in [3.63, 3.8) is 0 Å². The zero-order chi connectivity index (χ0) is 13.8. The molecule has 2 N–H and O–H groups in total. The molecule has 0 saturated carbocycles. The van der Waals surface area contributed by atoms with Crippen LogP contribution >= 0.6 is 0 Å². The second kappa shape index (κ2) is 6.35. The molecule has 0 radical (unpaired) electrons. The molecule has 1 aromatic heterocycles. The van der Waals surface area contributed by atoms with Gasteiger partial charge >= 0.3 is 0 Å². The molecular formula is C15H25N3O. The lowest BCUT2D eigenvalue weighted by atomic mass is 9.92. The summed E-state index contributed by atoms with van der Waals surface area (Å²) in [6.07, 6.45) is 3.91. The summed E-state index contributed by atoms with van der Waals surface area (Å²) in [6.45, 7) is 6.03. The Labute approximate surface area is 115 Å². The lowest BCUT2D eigenvalue weighted by Crippen LogP contribution is -2.37.